The minimum absolute atomic E-state index is 0. The summed E-state index contributed by atoms with van der Waals surface area (Å²) < 4.78 is 32.0. The summed E-state index contributed by atoms with van der Waals surface area (Å²) in [5.74, 6) is 0.167. The van der Waals surface area contributed by atoms with Crippen molar-refractivity contribution in [3.63, 3.8) is 0 Å². The first-order chi connectivity index (χ1) is 18.3. The molecule has 0 aliphatic carbocycles. The van der Waals surface area contributed by atoms with Gasteiger partial charge in [-0.25, -0.2) is 9.97 Å². The summed E-state index contributed by atoms with van der Waals surface area (Å²) in [6.07, 6.45) is 0.781. The Morgan fingerprint density at radius 1 is 0.923 bits per heavy atom. The van der Waals surface area contributed by atoms with Gasteiger partial charge in [0.2, 0.25) is 0 Å². The summed E-state index contributed by atoms with van der Waals surface area (Å²) in [5, 5.41) is 12.5. The van der Waals surface area contributed by atoms with Crippen LogP contribution in [0.15, 0.2) is 94.2 Å². The first-order valence-electron chi connectivity index (χ1n) is 12.4. The zero-order valence-corrected chi connectivity index (χ0v) is 26.4. The second-order valence-electron chi connectivity index (χ2n) is 9.15. The number of fused-ring (bicyclic) bond motifs is 1. The maximum atomic E-state index is 13.1. The van der Waals surface area contributed by atoms with Crippen LogP contribution in [0.3, 0.4) is 0 Å². The van der Waals surface area contributed by atoms with Crippen LogP contribution in [0.25, 0.3) is 22.3 Å². The molecule has 0 spiro atoms. The summed E-state index contributed by atoms with van der Waals surface area (Å²) in [4.78, 5) is 9.55. The van der Waals surface area contributed by atoms with E-state index in [4.69, 9.17) is 9.97 Å². The second kappa shape index (κ2) is 12.2. The van der Waals surface area contributed by atoms with E-state index in [1.54, 1.807) is 36.4 Å². The average molecular weight is 563 g/mol. The Morgan fingerprint density at radius 3 is 2.28 bits per heavy atom. The molecule has 5 rings (SSSR count). The molecule has 0 unspecified atom stereocenters. The molecule has 0 bridgehead atoms. The van der Waals surface area contributed by atoms with Crippen molar-refractivity contribution >= 4 is 27.1 Å². The number of benzene rings is 3. The molecule has 7 nitrogen and oxygen atoms in total. The summed E-state index contributed by atoms with van der Waals surface area (Å²) >= 11 is 0. The van der Waals surface area contributed by atoms with Gasteiger partial charge in [-0.2, -0.15) is 12.8 Å². The fraction of sp³-hybridized carbons (Fsp3) is 0.167. The number of sulfonamides is 1. The molecular formula is C30H27KN4O3S. The maximum absolute atomic E-state index is 13.1. The largest absolute Gasteiger partial charge is 1.00 e. The van der Waals surface area contributed by atoms with Crippen molar-refractivity contribution < 1.29 is 64.9 Å². The maximum Gasteiger partial charge on any atom is 1.00 e. The van der Waals surface area contributed by atoms with Crippen LogP contribution in [0.5, 0.6) is 0 Å². The molecule has 3 aromatic carbocycles. The summed E-state index contributed by atoms with van der Waals surface area (Å²) in [7, 11) is -4.22. The van der Waals surface area contributed by atoms with Gasteiger partial charge >= 0.3 is 51.4 Å². The van der Waals surface area contributed by atoms with Gasteiger partial charge in [-0.3, -0.25) is 0 Å². The van der Waals surface area contributed by atoms with Gasteiger partial charge in [-0.15, -0.1) is 0 Å². The van der Waals surface area contributed by atoms with Crippen molar-refractivity contribution in [3.05, 3.63) is 113 Å². The third kappa shape index (κ3) is 6.24. The van der Waals surface area contributed by atoms with Crippen LogP contribution in [0.2, 0.25) is 0 Å². The van der Waals surface area contributed by atoms with Crippen molar-refractivity contribution in [2.75, 3.05) is 0 Å². The summed E-state index contributed by atoms with van der Waals surface area (Å²) in [6, 6.07) is 24.5. The predicted octanol–water partition coefficient (Wildman–Crippen LogP) is 1.83. The number of imidazole rings is 1. The molecule has 192 valence electrons. The number of hydrogen-bond donors (Lipinski definition) is 0. The van der Waals surface area contributed by atoms with Crippen LogP contribution in [0.4, 0.5) is 0 Å². The molecule has 0 N–H and O–H groups in total. The Hall–Kier alpha value is -2.66. The molecule has 0 radical (unpaired) electrons. The number of nitrogens with zero attached hydrogens (tertiary/aromatic N) is 4. The van der Waals surface area contributed by atoms with E-state index >= 15 is 0 Å². The van der Waals surface area contributed by atoms with E-state index in [0.717, 1.165) is 40.2 Å². The molecule has 2 aromatic heterocycles. The van der Waals surface area contributed by atoms with Gasteiger partial charge in [0.05, 0.1) is 11.4 Å². The summed E-state index contributed by atoms with van der Waals surface area (Å²) in [6.45, 7) is 6.70. The smallest absolute Gasteiger partial charge is 0.858 e. The molecule has 39 heavy (non-hydrogen) atoms. The number of rotatable bonds is 7. The minimum Gasteiger partial charge on any atom is -0.858 e. The monoisotopic (exact) mass is 562 g/mol. The van der Waals surface area contributed by atoms with Crippen molar-refractivity contribution in [3.8, 4) is 11.1 Å². The van der Waals surface area contributed by atoms with E-state index in [1.807, 2.05) is 44.2 Å². The Bertz CT molecular complexity index is 1760. The standard InChI is InChI=1S/C30H28N4O3S.K/c1-4-27-32-28-20(2)18-21(3)31-29(28)34(27)19-22-14-16-23(17-15-22)25-12-8-9-13-26(25)38(36,37)33-30(35)24-10-6-5-7-11-24;/h5-18H,4,19H2,1-3H3,(H,33,35);/q;+1/p-1. The van der Waals surface area contributed by atoms with Crippen molar-refractivity contribution in [1.82, 2.24) is 14.5 Å². The molecule has 2 heterocycles. The third-order valence-electron chi connectivity index (χ3n) is 6.41. The third-order valence-corrected chi connectivity index (χ3v) is 7.73. The molecule has 0 aliphatic heterocycles. The van der Waals surface area contributed by atoms with Crippen molar-refractivity contribution in [2.45, 2.75) is 38.6 Å². The SMILES string of the molecule is CCc1nc2c(C)cc(C)nc2n1Cc1ccc(-c2ccccc2S(=O)(=O)N=C([O-])c2ccccc2)cc1.[K+]. The van der Waals surface area contributed by atoms with E-state index in [9.17, 15) is 13.5 Å². The normalized spacial score (nSPS) is 11.9. The zero-order valence-electron chi connectivity index (χ0n) is 22.4. The number of pyridine rings is 1. The first kappa shape index (κ1) is 29.3. The van der Waals surface area contributed by atoms with E-state index in [1.165, 1.54) is 18.2 Å². The zero-order chi connectivity index (χ0) is 26.9. The van der Waals surface area contributed by atoms with E-state index in [2.05, 4.69) is 15.9 Å². The van der Waals surface area contributed by atoms with Gasteiger partial charge in [0.25, 0.3) is 10.0 Å². The molecule has 9 heteroatoms. The van der Waals surface area contributed by atoms with Crippen LogP contribution < -0.4 is 56.5 Å². The number of aromatic nitrogens is 3. The van der Waals surface area contributed by atoms with Gasteiger partial charge in [0.1, 0.15) is 11.3 Å². The molecular weight excluding hydrogens is 536 g/mol. The van der Waals surface area contributed by atoms with Gasteiger partial charge in [0, 0.05) is 23.6 Å². The van der Waals surface area contributed by atoms with Gasteiger partial charge in [-0.05, 0) is 48.2 Å². The second-order valence-corrected chi connectivity index (χ2v) is 10.7. The van der Waals surface area contributed by atoms with Crippen LogP contribution in [-0.4, -0.2) is 28.9 Å². The summed E-state index contributed by atoms with van der Waals surface area (Å²) in [5.41, 5.74) is 6.28. The fourth-order valence-corrected chi connectivity index (χ4v) is 5.71. The minimum atomic E-state index is -4.22. The quantitative estimate of drug-likeness (QED) is 0.171. The topological polar surface area (TPSA) is 100 Å². The molecule has 0 aliphatic rings. The molecule has 5 aromatic rings. The molecule has 0 saturated carbocycles. The van der Waals surface area contributed by atoms with Crippen LogP contribution >= 0.6 is 0 Å². The molecule has 0 saturated heterocycles. The Morgan fingerprint density at radius 2 is 1.59 bits per heavy atom. The van der Waals surface area contributed by atoms with E-state index in [-0.39, 0.29) is 61.8 Å². The Balaban J connectivity index is 0.00000353. The van der Waals surface area contributed by atoms with E-state index in [0.29, 0.717) is 17.7 Å². The average Bonchev–Trinajstić information content (AvgIpc) is 3.27. The predicted molar refractivity (Wildman–Crippen MR) is 148 cm³/mol. The van der Waals surface area contributed by atoms with Gasteiger partial charge in [0.15, 0.2) is 5.65 Å². The molecule has 0 amide bonds. The molecule has 0 atom stereocenters. The van der Waals surface area contributed by atoms with Crippen LogP contribution in [0, 0.1) is 13.8 Å². The van der Waals surface area contributed by atoms with Gasteiger partial charge in [-0.1, -0.05) is 79.7 Å². The Labute approximate surface area is 271 Å². The molecule has 0 fully saturated rings. The fourth-order valence-electron chi connectivity index (χ4n) is 4.58. The number of aryl methyl sites for hydroxylation is 3. The first-order valence-corrected chi connectivity index (χ1v) is 13.8. The van der Waals surface area contributed by atoms with E-state index < -0.39 is 15.9 Å². The van der Waals surface area contributed by atoms with Crippen LogP contribution in [0.1, 0.15) is 35.1 Å². The van der Waals surface area contributed by atoms with Crippen molar-refractivity contribution in [2.24, 2.45) is 4.40 Å². The Kier molecular flexibility index (Phi) is 9.20. The van der Waals surface area contributed by atoms with Crippen LogP contribution in [-0.2, 0) is 23.0 Å². The van der Waals surface area contributed by atoms with Gasteiger partial charge < -0.3 is 9.67 Å². The van der Waals surface area contributed by atoms with Crippen molar-refractivity contribution in [1.29, 1.82) is 0 Å². The number of hydrogen-bond acceptors (Lipinski definition) is 5.